The van der Waals surface area contributed by atoms with Crippen LogP contribution in [0.5, 0.6) is 0 Å². The molecule has 0 saturated carbocycles. The number of aryl methyl sites for hydroxylation is 1. The molecule has 23 heavy (non-hydrogen) atoms. The molecule has 1 unspecified atom stereocenters. The number of likely N-dealkylation sites (tertiary alicyclic amines) is 2. The smallest absolute Gasteiger partial charge is 0.230 e. The fourth-order valence-electron chi connectivity index (χ4n) is 3.84. The third-order valence-electron chi connectivity index (χ3n) is 5.15. The molecule has 0 bridgehead atoms. The van der Waals surface area contributed by atoms with Gasteiger partial charge in [0.2, 0.25) is 5.91 Å². The van der Waals surface area contributed by atoms with Crippen LogP contribution in [0.15, 0.2) is 0 Å². The maximum Gasteiger partial charge on any atom is 0.230 e. The van der Waals surface area contributed by atoms with Crippen molar-refractivity contribution >= 4 is 17.4 Å². The molecule has 1 aromatic heterocycles. The highest BCUT2D eigenvalue weighted by molar-refractivity contribution is 7.05. The Morgan fingerprint density at radius 3 is 2.96 bits per heavy atom. The molecule has 2 aliphatic heterocycles. The number of methoxy groups -OCH3 is 1. The Labute approximate surface area is 142 Å². The quantitative estimate of drug-likeness (QED) is 0.739. The van der Waals surface area contributed by atoms with Gasteiger partial charge in [-0.05, 0) is 50.7 Å². The van der Waals surface area contributed by atoms with E-state index in [1.165, 1.54) is 16.4 Å². The second-order valence-corrected chi connectivity index (χ2v) is 7.60. The molecule has 0 N–H and O–H groups in total. The summed E-state index contributed by atoms with van der Waals surface area (Å²) in [5, 5.41) is 4.09. The summed E-state index contributed by atoms with van der Waals surface area (Å²) >= 11 is 1.47. The van der Waals surface area contributed by atoms with Crippen LogP contribution in [-0.4, -0.2) is 65.2 Å². The fourth-order valence-corrected chi connectivity index (χ4v) is 4.51. The van der Waals surface area contributed by atoms with Crippen LogP contribution in [0.2, 0.25) is 0 Å². The van der Waals surface area contributed by atoms with Gasteiger partial charge in [0, 0.05) is 39.9 Å². The van der Waals surface area contributed by atoms with Crippen molar-refractivity contribution in [2.45, 2.75) is 39.2 Å². The molecule has 1 aromatic rings. The predicted molar refractivity (Wildman–Crippen MR) is 89.3 cm³/mol. The number of carbonyl (C=O) groups is 1. The number of carbonyl (C=O) groups excluding carboxylic acids is 1. The molecular formula is C16H26N4O2S. The van der Waals surface area contributed by atoms with E-state index in [0.717, 1.165) is 70.7 Å². The van der Waals surface area contributed by atoms with E-state index in [1.54, 1.807) is 7.11 Å². The van der Waals surface area contributed by atoms with Gasteiger partial charge in [-0.2, -0.15) is 0 Å². The van der Waals surface area contributed by atoms with Gasteiger partial charge in [-0.3, -0.25) is 9.69 Å². The maximum atomic E-state index is 13.0. The Kier molecular flexibility index (Phi) is 5.28. The van der Waals surface area contributed by atoms with Crippen molar-refractivity contribution in [3.8, 4) is 0 Å². The highest BCUT2D eigenvalue weighted by Gasteiger charge is 2.48. The number of piperidine rings is 1. The lowest BCUT2D eigenvalue weighted by atomic mass is 9.78. The first-order valence-electron chi connectivity index (χ1n) is 8.43. The average molecular weight is 338 g/mol. The minimum Gasteiger partial charge on any atom is -0.385 e. The number of nitrogens with zero attached hydrogens (tertiary/aromatic N) is 4. The lowest BCUT2D eigenvalue weighted by Gasteiger charge is -2.39. The van der Waals surface area contributed by atoms with Crippen molar-refractivity contribution in [1.82, 2.24) is 19.4 Å². The Morgan fingerprint density at radius 2 is 2.22 bits per heavy atom. The van der Waals surface area contributed by atoms with Crippen LogP contribution in [0.25, 0.3) is 0 Å². The van der Waals surface area contributed by atoms with E-state index >= 15 is 0 Å². The van der Waals surface area contributed by atoms with Crippen LogP contribution < -0.4 is 0 Å². The van der Waals surface area contributed by atoms with Gasteiger partial charge in [0.05, 0.1) is 16.0 Å². The molecule has 6 nitrogen and oxygen atoms in total. The number of hydrogen-bond acceptors (Lipinski definition) is 6. The second-order valence-electron chi connectivity index (χ2n) is 6.76. The third kappa shape index (κ3) is 3.56. The van der Waals surface area contributed by atoms with Gasteiger partial charge in [-0.15, -0.1) is 5.10 Å². The van der Waals surface area contributed by atoms with Crippen LogP contribution >= 0.6 is 11.5 Å². The van der Waals surface area contributed by atoms with Crippen molar-refractivity contribution in [2.75, 3.05) is 39.9 Å². The van der Waals surface area contributed by atoms with Crippen molar-refractivity contribution in [1.29, 1.82) is 0 Å². The highest BCUT2D eigenvalue weighted by Crippen LogP contribution is 2.40. The topological polar surface area (TPSA) is 58.6 Å². The maximum absolute atomic E-state index is 13.0. The van der Waals surface area contributed by atoms with Gasteiger partial charge in [0.25, 0.3) is 0 Å². The molecule has 1 spiro atoms. The van der Waals surface area contributed by atoms with Crippen molar-refractivity contribution < 1.29 is 9.53 Å². The summed E-state index contributed by atoms with van der Waals surface area (Å²) in [7, 11) is 1.71. The number of rotatable bonds is 6. The normalized spacial score (nSPS) is 25.7. The molecule has 0 aliphatic carbocycles. The van der Waals surface area contributed by atoms with Gasteiger partial charge in [-0.25, -0.2) is 0 Å². The number of hydrogen-bond donors (Lipinski definition) is 0. The average Bonchev–Trinajstić information content (AvgIpc) is 3.13. The summed E-state index contributed by atoms with van der Waals surface area (Å²) in [6.45, 7) is 7.21. The molecular weight excluding hydrogens is 312 g/mol. The van der Waals surface area contributed by atoms with E-state index in [-0.39, 0.29) is 5.41 Å². The molecule has 2 saturated heterocycles. The first kappa shape index (κ1) is 16.8. The Bertz CT molecular complexity index is 550. The highest BCUT2D eigenvalue weighted by atomic mass is 32.1. The summed E-state index contributed by atoms with van der Waals surface area (Å²) in [6, 6.07) is 0. The molecule has 2 aliphatic rings. The Morgan fingerprint density at radius 1 is 1.35 bits per heavy atom. The predicted octanol–water partition coefficient (Wildman–Crippen LogP) is 1.70. The molecule has 3 rings (SSSR count). The van der Waals surface area contributed by atoms with Crippen LogP contribution in [0, 0.1) is 12.3 Å². The van der Waals surface area contributed by atoms with Crippen molar-refractivity contribution in [3.63, 3.8) is 0 Å². The molecule has 1 amide bonds. The Balaban J connectivity index is 1.61. The lowest BCUT2D eigenvalue weighted by Crippen LogP contribution is -2.50. The monoisotopic (exact) mass is 338 g/mol. The Hall–Kier alpha value is -1.05. The second kappa shape index (κ2) is 7.23. The van der Waals surface area contributed by atoms with E-state index in [0.29, 0.717) is 5.91 Å². The zero-order valence-corrected chi connectivity index (χ0v) is 14.9. The van der Waals surface area contributed by atoms with Crippen LogP contribution in [0.4, 0.5) is 0 Å². The van der Waals surface area contributed by atoms with Crippen molar-refractivity contribution in [3.05, 3.63) is 10.6 Å². The SMILES string of the molecule is COCCCN1CCCC2(CCN(Cc3snnc3C)C2)C1=O. The molecule has 0 aromatic carbocycles. The van der Waals surface area contributed by atoms with Crippen LogP contribution in [-0.2, 0) is 16.1 Å². The molecule has 7 heteroatoms. The van der Waals surface area contributed by atoms with E-state index in [2.05, 4.69) is 19.4 Å². The van der Waals surface area contributed by atoms with Gasteiger partial charge >= 0.3 is 0 Å². The van der Waals surface area contributed by atoms with Crippen LogP contribution in [0.3, 0.4) is 0 Å². The van der Waals surface area contributed by atoms with E-state index in [4.69, 9.17) is 4.74 Å². The van der Waals surface area contributed by atoms with Gasteiger partial charge in [-0.1, -0.05) is 4.49 Å². The summed E-state index contributed by atoms with van der Waals surface area (Å²) in [6.07, 6.45) is 4.06. The summed E-state index contributed by atoms with van der Waals surface area (Å²) in [5.41, 5.74) is 0.865. The minimum atomic E-state index is -0.155. The zero-order valence-electron chi connectivity index (χ0n) is 14.1. The molecule has 2 fully saturated rings. The zero-order chi connectivity index (χ0) is 16.3. The van der Waals surface area contributed by atoms with Gasteiger partial charge < -0.3 is 9.64 Å². The summed E-state index contributed by atoms with van der Waals surface area (Å²) in [5.74, 6) is 0.363. The van der Waals surface area contributed by atoms with Crippen molar-refractivity contribution in [2.24, 2.45) is 5.41 Å². The largest absolute Gasteiger partial charge is 0.385 e. The molecule has 1 atom stereocenters. The van der Waals surface area contributed by atoms with Crippen LogP contribution in [0.1, 0.15) is 36.3 Å². The number of amides is 1. The summed E-state index contributed by atoms with van der Waals surface area (Å²) < 4.78 is 9.13. The standard InChI is InChI=1S/C16H26N4O2S/c1-13-14(23-18-17-13)11-19-9-6-16(12-19)5-3-7-20(15(16)21)8-4-10-22-2/h3-12H2,1-2H3. The fraction of sp³-hybridized carbons (Fsp3) is 0.812. The lowest BCUT2D eigenvalue weighted by molar-refractivity contribution is -0.145. The van der Waals surface area contributed by atoms with E-state index in [9.17, 15) is 4.79 Å². The molecule has 3 heterocycles. The number of ether oxygens (including phenoxy) is 1. The molecule has 128 valence electrons. The first-order chi connectivity index (χ1) is 11.1. The van der Waals surface area contributed by atoms with E-state index < -0.39 is 0 Å². The molecule has 0 radical (unpaired) electrons. The summed E-state index contributed by atoms with van der Waals surface area (Å²) in [4.78, 5) is 18.7. The van der Waals surface area contributed by atoms with E-state index in [1.807, 2.05) is 6.92 Å². The first-order valence-corrected chi connectivity index (χ1v) is 9.20. The van der Waals surface area contributed by atoms with Gasteiger partial charge in [0.1, 0.15) is 0 Å². The van der Waals surface area contributed by atoms with Gasteiger partial charge in [0.15, 0.2) is 0 Å². The number of aromatic nitrogens is 2. The third-order valence-corrected chi connectivity index (χ3v) is 5.95. The minimum absolute atomic E-state index is 0.155.